The van der Waals surface area contributed by atoms with Gasteiger partial charge < -0.3 is 9.47 Å². The highest BCUT2D eigenvalue weighted by molar-refractivity contribution is 5.61. The molecule has 1 atom stereocenters. The molecule has 9 heavy (non-hydrogen) atoms. The van der Waals surface area contributed by atoms with Crippen molar-refractivity contribution in [3.8, 4) is 0 Å². The molecule has 1 heterocycles. The number of carbonyl (C=O) groups excluding carboxylic acids is 1. The first-order valence-electron chi connectivity index (χ1n) is 3.16. The van der Waals surface area contributed by atoms with E-state index in [2.05, 4.69) is 4.74 Å². The summed E-state index contributed by atoms with van der Waals surface area (Å²) in [7, 11) is 0. The quantitative estimate of drug-likeness (QED) is 0.529. The third kappa shape index (κ3) is 1.59. The molecule has 0 radical (unpaired) electrons. The van der Waals surface area contributed by atoms with Gasteiger partial charge in [0.2, 0.25) is 0 Å². The van der Waals surface area contributed by atoms with Gasteiger partial charge in [-0.1, -0.05) is 13.3 Å². The number of ether oxygens (including phenoxy) is 2. The molecule has 1 aliphatic rings. The summed E-state index contributed by atoms with van der Waals surface area (Å²) in [5.41, 5.74) is 0. The molecule has 0 spiro atoms. The summed E-state index contributed by atoms with van der Waals surface area (Å²) < 4.78 is 9.30. The van der Waals surface area contributed by atoms with Crippen molar-refractivity contribution < 1.29 is 14.3 Å². The summed E-state index contributed by atoms with van der Waals surface area (Å²) in [5, 5.41) is 0. The monoisotopic (exact) mass is 130 g/mol. The fourth-order valence-electron chi connectivity index (χ4n) is 0.829. The Morgan fingerprint density at radius 2 is 2.56 bits per heavy atom. The maximum atomic E-state index is 10.3. The van der Waals surface area contributed by atoms with E-state index >= 15 is 0 Å². The summed E-state index contributed by atoms with van der Waals surface area (Å²) >= 11 is 0. The van der Waals surface area contributed by atoms with Crippen LogP contribution in [0.5, 0.6) is 0 Å². The average Bonchev–Trinajstić information content (AvgIpc) is 2.17. The molecule has 0 aliphatic carbocycles. The van der Waals surface area contributed by atoms with Gasteiger partial charge in [-0.2, -0.15) is 0 Å². The van der Waals surface area contributed by atoms with Crippen LogP contribution in [0, 0.1) is 0 Å². The molecule has 1 fully saturated rings. The zero-order valence-corrected chi connectivity index (χ0v) is 5.42. The van der Waals surface area contributed by atoms with Crippen LogP contribution in [-0.4, -0.2) is 18.9 Å². The van der Waals surface area contributed by atoms with E-state index in [1.54, 1.807) is 0 Å². The molecular weight excluding hydrogens is 120 g/mol. The number of hydrogen-bond acceptors (Lipinski definition) is 3. The maximum absolute atomic E-state index is 10.3. The van der Waals surface area contributed by atoms with Crippen LogP contribution in [0.25, 0.3) is 0 Å². The summed E-state index contributed by atoms with van der Waals surface area (Å²) in [6.45, 7) is 2.48. The highest BCUT2D eigenvalue weighted by Gasteiger charge is 2.23. The Morgan fingerprint density at radius 3 is 3.00 bits per heavy atom. The van der Waals surface area contributed by atoms with E-state index in [1.165, 1.54) is 0 Å². The van der Waals surface area contributed by atoms with Gasteiger partial charge in [-0.25, -0.2) is 4.79 Å². The lowest BCUT2D eigenvalue weighted by Crippen LogP contribution is -2.08. The van der Waals surface area contributed by atoms with E-state index in [0.717, 1.165) is 12.8 Å². The Balaban J connectivity index is 2.22. The van der Waals surface area contributed by atoms with Crippen LogP contribution in [0.4, 0.5) is 4.79 Å². The summed E-state index contributed by atoms with van der Waals surface area (Å²) in [6.07, 6.45) is 1.43. The van der Waals surface area contributed by atoms with Crippen LogP contribution < -0.4 is 0 Å². The zero-order valence-electron chi connectivity index (χ0n) is 5.42. The van der Waals surface area contributed by atoms with Crippen molar-refractivity contribution in [1.82, 2.24) is 0 Å². The zero-order chi connectivity index (χ0) is 6.69. The fourth-order valence-corrected chi connectivity index (χ4v) is 0.829. The highest BCUT2D eigenvalue weighted by atomic mass is 16.8. The van der Waals surface area contributed by atoms with Gasteiger partial charge in [0.25, 0.3) is 0 Å². The van der Waals surface area contributed by atoms with Gasteiger partial charge in [0.05, 0.1) is 0 Å². The normalized spacial score (nSPS) is 25.4. The number of cyclic esters (lactones) is 2. The van der Waals surface area contributed by atoms with E-state index in [1.807, 2.05) is 6.92 Å². The SMILES string of the molecule is CCCC1COC(=O)O1. The standard InChI is InChI=1S/C6H10O3/c1-2-3-5-4-8-6(7)9-5/h5H,2-4H2,1H3. The molecule has 52 valence electrons. The molecule has 0 aromatic carbocycles. The lowest BCUT2D eigenvalue weighted by Gasteiger charge is -2.00. The van der Waals surface area contributed by atoms with E-state index in [-0.39, 0.29) is 6.10 Å². The predicted molar refractivity (Wildman–Crippen MR) is 31.1 cm³/mol. The van der Waals surface area contributed by atoms with Gasteiger partial charge in [0.1, 0.15) is 12.7 Å². The van der Waals surface area contributed by atoms with E-state index < -0.39 is 6.16 Å². The number of rotatable bonds is 2. The van der Waals surface area contributed by atoms with Gasteiger partial charge in [-0.3, -0.25) is 0 Å². The molecule has 0 N–H and O–H groups in total. The predicted octanol–water partition coefficient (Wildman–Crippen LogP) is 1.32. The van der Waals surface area contributed by atoms with Crippen molar-refractivity contribution in [3.63, 3.8) is 0 Å². The third-order valence-corrected chi connectivity index (χ3v) is 1.26. The van der Waals surface area contributed by atoms with Gasteiger partial charge >= 0.3 is 6.16 Å². The maximum Gasteiger partial charge on any atom is 0.508 e. The van der Waals surface area contributed by atoms with Crippen LogP contribution in [0.3, 0.4) is 0 Å². The van der Waals surface area contributed by atoms with Gasteiger partial charge in [0.15, 0.2) is 0 Å². The molecule has 0 saturated carbocycles. The smallest absolute Gasteiger partial charge is 0.430 e. The molecule has 0 aromatic rings. The Labute approximate surface area is 53.9 Å². The fraction of sp³-hybridized carbons (Fsp3) is 0.833. The molecule has 3 heteroatoms. The molecule has 1 saturated heterocycles. The topological polar surface area (TPSA) is 35.5 Å². The van der Waals surface area contributed by atoms with Crippen LogP contribution >= 0.6 is 0 Å². The van der Waals surface area contributed by atoms with Crippen molar-refractivity contribution in [2.24, 2.45) is 0 Å². The number of hydrogen-bond donors (Lipinski definition) is 0. The average molecular weight is 130 g/mol. The lowest BCUT2D eigenvalue weighted by molar-refractivity contribution is 0.116. The first kappa shape index (κ1) is 6.39. The Kier molecular flexibility index (Phi) is 1.92. The van der Waals surface area contributed by atoms with Crippen LogP contribution in [0.15, 0.2) is 0 Å². The van der Waals surface area contributed by atoms with E-state index in [4.69, 9.17) is 4.74 Å². The van der Waals surface area contributed by atoms with Crippen molar-refractivity contribution in [2.45, 2.75) is 25.9 Å². The summed E-state index contributed by atoms with van der Waals surface area (Å²) in [6, 6.07) is 0. The van der Waals surface area contributed by atoms with E-state index in [0.29, 0.717) is 6.61 Å². The van der Waals surface area contributed by atoms with Gasteiger partial charge in [0, 0.05) is 0 Å². The first-order chi connectivity index (χ1) is 4.33. The molecule has 1 aliphatic heterocycles. The second kappa shape index (κ2) is 2.71. The molecule has 0 amide bonds. The number of carbonyl (C=O) groups is 1. The van der Waals surface area contributed by atoms with Crippen molar-refractivity contribution in [3.05, 3.63) is 0 Å². The third-order valence-electron chi connectivity index (χ3n) is 1.26. The van der Waals surface area contributed by atoms with Crippen molar-refractivity contribution in [1.29, 1.82) is 0 Å². The molecular formula is C6H10O3. The Morgan fingerprint density at radius 1 is 1.78 bits per heavy atom. The Bertz CT molecular complexity index is 111. The van der Waals surface area contributed by atoms with Crippen LogP contribution in [-0.2, 0) is 9.47 Å². The lowest BCUT2D eigenvalue weighted by atomic mass is 10.2. The molecule has 1 rings (SSSR count). The van der Waals surface area contributed by atoms with Crippen molar-refractivity contribution >= 4 is 6.16 Å². The first-order valence-corrected chi connectivity index (χ1v) is 3.16. The molecule has 1 unspecified atom stereocenters. The Hall–Kier alpha value is -0.730. The largest absolute Gasteiger partial charge is 0.508 e. The molecule has 0 aromatic heterocycles. The minimum absolute atomic E-state index is 0.0162. The second-order valence-corrected chi connectivity index (χ2v) is 2.09. The highest BCUT2D eigenvalue weighted by Crippen LogP contribution is 2.10. The van der Waals surface area contributed by atoms with Crippen LogP contribution in [0.2, 0.25) is 0 Å². The minimum Gasteiger partial charge on any atom is -0.430 e. The molecule has 0 bridgehead atoms. The summed E-state index contributed by atoms with van der Waals surface area (Å²) in [4.78, 5) is 10.3. The summed E-state index contributed by atoms with van der Waals surface area (Å²) in [5.74, 6) is 0. The van der Waals surface area contributed by atoms with Gasteiger partial charge in [-0.15, -0.1) is 0 Å². The minimum atomic E-state index is -0.520. The van der Waals surface area contributed by atoms with E-state index in [9.17, 15) is 4.79 Å². The second-order valence-electron chi connectivity index (χ2n) is 2.09. The van der Waals surface area contributed by atoms with Crippen molar-refractivity contribution in [2.75, 3.05) is 6.61 Å². The van der Waals surface area contributed by atoms with Crippen LogP contribution in [0.1, 0.15) is 19.8 Å². The molecule has 3 nitrogen and oxygen atoms in total. The van der Waals surface area contributed by atoms with Gasteiger partial charge in [-0.05, 0) is 6.42 Å².